The zero-order chi connectivity index (χ0) is 13.3. The van der Waals surface area contributed by atoms with Crippen LogP contribution in [-0.4, -0.2) is 24.3 Å². The van der Waals surface area contributed by atoms with Gasteiger partial charge in [0.15, 0.2) is 5.78 Å². The van der Waals surface area contributed by atoms with Crippen molar-refractivity contribution in [2.75, 3.05) is 7.11 Å². The van der Waals surface area contributed by atoms with Crippen LogP contribution in [0, 0.1) is 22.7 Å². The highest BCUT2D eigenvalue weighted by molar-refractivity contribution is 5.97. The maximum Gasteiger partial charge on any atom is 0.165 e. The third-order valence-electron chi connectivity index (χ3n) is 6.24. The van der Waals surface area contributed by atoms with Crippen LogP contribution >= 0.6 is 0 Å². The largest absolute Gasteiger partial charge is 0.370 e. The molecule has 1 spiro atoms. The van der Waals surface area contributed by atoms with Crippen LogP contribution in [0.15, 0.2) is 0 Å². The van der Waals surface area contributed by atoms with E-state index in [0.717, 1.165) is 12.8 Å². The summed E-state index contributed by atoms with van der Waals surface area (Å²) in [6.07, 6.45) is 3.09. The van der Waals surface area contributed by atoms with Gasteiger partial charge in [-0.25, -0.2) is 0 Å². The zero-order valence-electron chi connectivity index (χ0n) is 11.7. The van der Waals surface area contributed by atoms with Gasteiger partial charge in [-0.05, 0) is 31.1 Å². The zero-order valence-corrected chi connectivity index (χ0v) is 11.7. The van der Waals surface area contributed by atoms with Crippen LogP contribution < -0.4 is 0 Å². The van der Waals surface area contributed by atoms with Crippen molar-refractivity contribution in [3.63, 3.8) is 0 Å². The number of ketones is 2. The molecule has 0 heterocycles. The first-order valence-corrected chi connectivity index (χ1v) is 6.91. The molecule has 3 nitrogen and oxygen atoms in total. The van der Waals surface area contributed by atoms with E-state index in [2.05, 4.69) is 13.8 Å². The molecule has 18 heavy (non-hydrogen) atoms. The Morgan fingerprint density at radius 2 is 1.78 bits per heavy atom. The van der Waals surface area contributed by atoms with Crippen molar-refractivity contribution in [3.8, 4) is 0 Å². The van der Waals surface area contributed by atoms with Gasteiger partial charge < -0.3 is 4.74 Å². The van der Waals surface area contributed by atoms with Gasteiger partial charge in [-0.2, -0.15) is 0 Å². The third kappa shape index (κ3) is 1.06. The van der Waals surface area contributed by atoms with Gasteiger partial charge in [0.25, 0.3) is 0 Å². The van der Waals surface area contributed by atoms with E-state index in [1.54, 1.807) is 7.11 Å². The fourth-order valence-electron chi connectivity index (χ4n) is 5.36. The molecule has 0 N–H and O–H groups in total. The molecule has 4 atom stereocenters. The number of hydrogen-bond donors (Lipinski definition) is 0. The molecule has 1 unspecified atom stereocenters. The second-order valence-corrected chi connectivity index (χ2v) is 7.19. The van der Waals surface area contributed by atoms with E-state index >= 15 is 0 Å². The Morgan fingerprint density at radius 1 is 1.11 bits per heavy atom. The highest BCUT2D eigenvalue weighted by atomic mass is 16.5. The predicted octanol–water partition coefficient (Wildman–Crippen LogP) is 2.38. The van der Waals surface area contributed by atoms with Gasteiger partial charge >= 0.3 is 0 Å². The van der Waals surface area contributed by atoms with E-state index in [-0.39, 0.29) is 28.4 Å². The summed E-state index contributed by atoms with van der Waals surface area (Å²) in [5.74, 6) is 0.782. The Bertz CT molecular complexity index is 439. The van der Waals surface area contributed by atoms with Gasteiger partial charge in [0, 0.05) is 31.3 Å². The third-order valence-corrected chi connectivity index (χ3v) is 6.24. The number of methoxy groups -OCH3 is 1. The highest BCUT2D eigenvalue weighted by Crippen LogP contribution is 2.71. The summed E-state index contributed by atoms with van der Waals surface area (Å²) in [4.78, 5) is 24.8. The first kappa shape index (κ1) is 12.3. The van der Waals surface area contributed by atoms with Crippen LogP contribution in [0.4, 0.5) is 0 Å². The number of ether oxygens (including phenoxy) is 1. The van der Waals surface area contributed by atoms with Gasteiger partial charge in [-0.1, -0.05) is 13.8 Å². The summed E-state index contributed by atoms with van der Waals surface area (Å²) in [5, 5.41) is 0. The van der Waals surface area contributed by atoms with E-state index in [1.807, 2.05) is 6.92 Å². The molecule has 3 aliphatic rings. The van der Waals surface area contributed by atoms with Gasteiger partial charge in [-0.15, -0.1) is 0 Å². The maximum atomic E-state index is 12.4. The Hall–Kier alpha value is -0.700. The monoisotopic (exact) mass is 250 g/mol. The molecule has 100 valence electrons. The minimum Gasteiger partial charge on any atom is -0.370 e. The fourth-order valence-corrected chi connectivity index (χ4v) is 5.36. The van der Waals surface area contributed by atoms with Crippen molar-refractivity contribution in [2.24, 2.45) is 22.7 Å². The van der Waals surface area contributed by atoms with E-state index in [1.165, 1.54) is 0 Å². The standard InChI is InChI=1S/C15H22O3/c1-13(2)5-6-15-9(7-10(16)12(13)15)8-11(17)14(15,3)18-4/h9,12H,5-8H2,1-4H3/t9-,12-,14?,15-/m1/s1. The van der Waals surface area contributed by atoms with Crippen LogP contribution in [-0.2, 0) is 14.3 Å². The van der Waals surface area contributed by atoms with Crippen molar-refractivity contribution >= 4 is 11.6 Å². The Balaban J connectivity index is 2.19. The molecule has 3 aliphatic carbocycles. The molecule has 0 radical (unpaired) electrons. The van der Waals surface area contributed by atoms with Crippen LogP contribution in [0.1, 0.15) is 46.5 Å². The van der Waals surface area contributed by atoms with E-state index in [4.69, 9.17) is 4.74 Å². The smallest absolute Gasteiger partial charge is 0.165 e. The molecule has 3 heteroatoms. The Morgan fingerprint density at radius 3 is 2.39 bits per heavy atom. The second kappa shape index (κ2) is 3.24. The first-order valence-electron chi connectivity index (χ1n) is 6.91. The van der Waals surface area contributed by atoms with Crippen molar-refractivity contribution in [3.05, 3.63) is 0 Å². The van der Waals surface area contributed by atoms with Crippen molar-refractivity contribution in [2.45, 2.75) is 52.1 Å². The SMILES string of the molecule is COC1(C)C(=O)C[C@H]2CC(=O)[C@@H]3C(C)(C)CC[C@@]231. The highest BCUT2D eigenvalue weighted by Gasteiger charge is 2.75. The van der Waals surface area contributed by atoms with Crippen molar-refractivity contribution in [1.29, 1.82) is 0 Å². The first-order chi connectivity index (χ1) is 8.29. The topological polar surface area (TPSA) is 43.4 Å². The van der Waals surface area contributed by atoms with Gasteiger partial charge in [0.1, 0.15) is 11.4 Å². The summed E-state index contributed by atoms with van der Waals surface area (Å²) in [5.41, 5.74) is -0.960. The van der Waals surface area contributed by atoms with Crippen LogP contribution in [0.2, 0.25) is 0 Å². The number of Topliss-reactive ketones (excluding diaryl/α,β-unsaturated/α-hetero) is 2. The molecule has 0 saturated heterocycles. The quantitative estimate of drug-likeness (QED) is 0.717. The summed E-state index contributed by atoms with van der Waals surface area (Å²) in [6, 6.07) is 0. The van der Waals surface area contributed by atoms with Crippen LogP contribution in [0.3, 0.4) is 0 Å². The normalized spacial score (nSPS) is 49.6. The van der Waals surface area contributed by atoms with Crippen LogP contribution in [0.25, 0.3) is 0 Å². The lowest BCUT2D eigenvalue weighted by atomic mass is 9.64. The summed E-state index contributed by atoms with van der Waals surface area (Å²) in [6.45, 7) is 6.26. The molecule has 0 aliphatic heterocycles. The summed E-state index contributed by atoms with van der Waals surface area (Å²) < 4.78 is 5.67. The summed E-state index contributed by atoms with van der Waals surface area (Å²) >= 11 is 0. The minimum atomic E-state index is -0.748. The molecule has 3 fully saturated rings. The van der Waals surface area contributed by atoms with Crippen molar-refractivity contribution in [1.82, 2.24) is 0 Å². The molecule has 3 saturated carbocycles. The molecular formula is C15H22O3. The molecule has 0 amide bonds. The number of carbonyl (C=O) groups is 2. The fraction of sp³-hybridized carbons (Fsp3) is 0.867. The van der Waals surface area contributed by atoms with E-state index in [0.29, 0.717) is 18.6 Å². The van der Waals surface area contributed by atoms with Gasteiger partial charge in [0.2, 0.25) is 0 Å². The Labute approximate surface area is 108 Å². The molecule has 0 aromatic heterocycles. The Kier molecular flexibility index (Phi) is 2.22. The number of hydrogen-bond acceptors (Lipinski definition) is 3. The number of rotatable bonds is 1. The molecule has 0 bridgehead atoms. The maximum absolute atomic E-state index is 12.4. The molecule has 0 aromatic rings. The predicted molar refractivity (Wildman–Crippen MR) is 67.1 cm³/mol. The second-order valence-electron chi connectivity index (χ2n) is 7.19. The van der Waals surface area contributed by atoms with Crippen LogP contribution in [0.5, 0.6) is 0 Å². The lowest BCUT2D eigenvalue weighted by molar-refractivity contribution is -0.154. The number of carbonyl (C=O) groups excluding carboxylic acids is 2. The molecule has 0 aromatic carbocycles. The molecular weight excluding hydrogens is 228 g/mol. The minimum absolute atomic E-state index is 0.00593. The lowest BCUT2D eigenvalue weighted by Gasteiger charge is -2.43. The van der Waals surface area contributed by atoms with Crippen molar-refractivity contribution < 1.29 is 14.3 Å². The summed E-state index contributed by atoms with van der Waals surface area (Å²) in [7, 11) is 1.63. The van der Waals surface area contributed by atoms with Gasteiger partial charge in [0.05, 0.1) is 0 Å². The average molecular weight is 250 g/mol. The van der Waals surface area contributed by atoms with E-state index in [9.17, 15) is 9.59 Å². The lowest BCUT2D eigenvalue weighted by Crippen LogP contribution is -2.52. The molecule has 3 rings (SSSR count). The van der Waals surface area contributed by atoms with E-state index < -0.39 is 5.60 Å². The van der Waals surface area contributed by atoms with Gasteiger partial charge in [-0.3, -0.25) is 9.59 Å². The average Bonchev–Trinajstić information content (AvgIpc) is 2.80.